The van der Waals surface area contributed by atoms with Gasteiger partial charge in [-0.05, 0) is 23.4 Å². The van der Waals surface area contributed by atoms with Gasteiger partial charge in [0.2, 0.25) is 5.91 Å². The number of hydrogen-bond acceptors (Lipinski definition) is 4. The lowest BCUT2D eigenvalue weighted by Gasteiger charge is -2.39. The van der Waals surface area contributed by atoms with E-state index in [-0.39, 0.29) is 12.5 Å². The molecule has 3 heterocycles. The molecule has 0 aromatic carbocycles. The van der Waals surface area contributed by atoms with E-state index in [0.717, 1.165) is 32.6 Å². The SMILES string of the molecule is O=C(CN1CC(CO)C1)N1CCc2sccc2C1. The van der Waals surface area contributed by atoms with Crippen LogP contribution in [-0.2, 0) is 17.8 Å². The average molecular weight is 266 g/mol. The maximum absolute atomic E-state index is 12.2. The van der Waals surface area contributed by atoms with Crippen molar-refractivity contribution in [1.82, 2.24) is 9.80 Å². The Kier molecular flexibility index (Phi) is 3.37. The maximum atomic E-state index is 12.2. The van der Waals surface area contributed by atoms with Gasteiger partial charge in [-0.15, -0.1) is 11.3 Å². The minimum atomic E-state index is 0.225. The molecule has 0 aliphatic carbocycles. The Morgan fingerprint density at radius 1 is 1.50 bits per heavy atom. The van der Waals surface area contributed by atoms with Crippen molar-refractivity contribution < 1.29 is 9.90 Å². The third-order valence-corrected chi connectivity index (χ3v) is 4.83. The summed E-state index contributed by atoms with van der Waals surface area (Å²) in [6.45, 7) is 4.10. The zero-order chi connectivity index (χ0) is 12.5. The van der Waals surface area contributed by atoms with Crippen molar-refractivity contribution in [3.63, 3.8) is 0 Å². The second kappa shape index (κ2) is 4.99. The molecular weight excluding hydrogens is 248 g/mol. The summed E-state index contributed by atoms with van der Waals surface area (Å²) in [7, 11) is 0. The quantitative estimate of drug-likeness (QED) is 0.869. The Morgan fingerprint density at radius 2 is 2.33 bits per heavy atom. The molecule has 0 spiro atoms. The van der Waals surface area contributed by atoms with Crippen LogP contribution in [0.5, 0.6) is 0 Å². The van der Waals surface area contributed by atoms with Crippen LogP contribution in [0.2, 0.25) is 0 Å². The standard InChI is InChI=1S/C13H18N2O2S/c16-9-10-5-14(6-10)8-13(17)15-3-1-12-11(7-15)2-4-18-12/h2,4,10,16H,1,3,5-9H2. The molecule has 1 fully saturated rings. The monoisotopic (exact) mass is 266 g/mol. The van der Waals surface area contributed by atoms with Crippen LogP contribution in [0.1, 0.15) is 10.4 Å². The number of thiophene rings is 1. The summed E-state index contributed by atoms with van der Waals surface area (Å²) in [6.07, 6.45) is 0.998. The zero-order valence-electron chi connectivity index (χ0n) is 10.3. The molecule has 0 atom stereocenters. The number of carbonyl (C=O) groups is 1. The third kappa shape index (κ3) is 2.30. The minimum Gasteiger partial charge on any atom is -0.396 e. The van der Waals surface area contributed by atoms with Crippen molar-refractivity contribution in [2.75, 3.05) is 32.8 Å². The molecular formula is C13H18N2O2S. The normalized spacial score (nSPS) is 20.6. The molecule has 0 unspecified atom stereocenters. The molecule has 0 bridgehead atoms. The van der Waals surface area contributed by atoms with Crippen LogP contribution in [0.15, 0.2) is 11.4 Å². The number of fused-ring (bicyclic) bond motifs is 1. The fourth-order valence-electron chi connectivity index (χ4n) is 2.67. The van der Waals surface area contributed by atoms with Crippen molar-refractivity contribution >= 4 is 17.2 Å². The predicted octanol–water partition coefficient (Wildman–Crippen LogP) is 0.557. The topological polar surface area (TPSA) is 43.8 Å². The highest BCUT2D eigenvalue weighted by Crippen LogP contribution is 2.24. The average Bonchev–Trinajstić information content (AvgIpc) is 2.79. The number of carbonyl (C=O) groups excluding carboxylic acids is 1. The Bertz CT molecular complexity index is 440. The summed E-state index contributed by atoms with van der Waals surface area (Å²) in [5.74, 6) is 0.603. The molecule has 2 aliphatic heterocycles. The molecule has 1 aromatic heterocycles. The Balaban J connectivity index is 1.52. The van der Waals surface area contributed by atoms with E-state index < -0.39 is 0 Å². The van der Waals surface area contributed by atoms with Gasteiger partial charge in [0, 0.05) is 43.6 Å². The summed E-state index contributed by atoms with van der Waals surface area (Å²) >= 11 is 1.80. The fourth-order valence-corrected chi connectivity index (χ4v) is 3.56. The van der Waals surface area contributed by atoms with E-state index in [0.29, 0.717) is 12.5 Å². The largest absolute Gasteiger partial charge is 0.396 e. The molecule has 1 N–H and O–H groups in total. The molecule has 1 aromatic rings. The summed E-state index contributed by atoms with van der Waals surface area (Å²) in [5, 5.41) is 11.1. The molecule has 3 rings (SSSR count). The third-order valence-electron chi connectivity index (χ3n) is 3.81. The maximum Gasteiger partial charge on any atom is 0.237 e. The minimum absolute atomic E-state index is 0.225. The van der Waals surface area contributed by atoms with Gasteiger partial charge < -0.3 is 10.0 Å². The predicted molar refractivity (Wildman–Crippen MR) is 70.5 cm³/mol. The lowest BCUT2D eigenvalue weighted by Crippen LogP contribution is -2.52. The molecule has 1 amide bonds. The van der Waals surface area contributed by atoms with Gasteiger partial charge in [0.25, 0.3) is 0 Å². The first-order valence-corrected chi connectivity index (χ1v) is 7.30. The number of likely N-dealkylation sites (tertiary alicyclic amines) is 1. The second-order valence-corrected chi connectivity index (χ2v) is 6.18. The van der Waals surface area contributed by atoms with Gasteiger partial charge >= 0.3 is 0 Å². The van der Waals surface area contributed by atoms with E-state index in [1.165, 1.54) is 10.4 Å². The van der Waals surface area contributed by atoms with Crippen LogP contribution < -0.4 is 0 Å². The highest BCUT2D eigenvalue weighted by molar-refractivity contribution is 7.10. The molecule has 0 radical (unpaired) electrons. The van der Waals surface area contributed by atoms with E-state index >= 15 is 0 Å². The van der Waals surface area contributed by atoms with Crippen LogP contribution in [-0.4, -0.2) is 53.6 Å². The number of nitrogens with zero attached hydrogens (tertiary/aromatic N) is 2. The number of aliphatic hydroxyl groups is 1. The van der Waals surface area contributed by atoms with Crippen LogP contribution in [0.4, 0.5) is 0 Å². The van der Waals surface area contributed by atoms with E-state index in [4.69, 9.17) is 5.11 Å². The molecule has 2 aliphatic rings. The van der Waals surface area contributed by atoms with Crippen molar-refractivity contribution in [2.45, 2.75) is 13.0 Å². The second-order valence-electron chi connectivity index (χ2n) is 5.18. The van der Waals surface area contributed by atoms with Gasteiger partial charge in [0.15, 0.2) is 0 Å². The first kappa shape index (κ1) is 12.1. The van der Waals surface area contributed by atoms with E-state index in [1.54, 1.807) is 11.3 Å². The van der Waals surface area contributed by atoms with Crippen molar-refractivity contribution in [3.05, 3.63) is 21.9 Å². The highest BCUT2D eigenvalue weighted by Gasteiger charge is 2.29. The Morgan fingerprint density at radius 3 is 3.11 bits per heavy atom. The molecule has 4 nitrogen and oxygen atoms in total. The highest BCUT2D eigenvalue weighted by atomic mass is 32.1. The smallest absolute Gasteiger partial charge is 0.237 e. The summed E-state index contributed by atoms with van der Waals surface area (Å²) in [5.41, 5.74) is 1.32. The van der Waals surface area contributed by atoms with Crippen LogP contribution in [0.3, 0.4) is 0 Å². The number of hydrogen-bond donors (Lipinski definition) is 1. The molecule has 1 saturated heterocycles. The zero-order valence-corrected chi connectivity index (χ0v) is 11.2. The van der Waals surface area contributed by atoms with Crippen LogP contribution >= 0.6 is 11.3 Å². The molecule has 18 heavy (non-hydrogen) atoms. The van der Waals surface area contributed by atoms with Gasteiger partial charge in [0.05, 0.1) is 6.54 Å². The summed E-state index contributed by atoms with van der Waals surface area (Å²) in [6, 6.07) is 2.13. The molecule has 5 heteroatoms. The fraction of sp³-hybridized carbons (Fsp3) is 0.615. The van der Waals surface area contributed by atoms with Gasteiger partial charge in [-0.1, -0.05) is 0 Å². The van der Waals surface area contributed by atoms with Gasteiger partial charge in [0.1, 0.15) is 0 Å². The number of amides is 1. The summed E-state index contributed by atoms with van der Waals surface area (Å²) in [4.78, 5) is 17.7. The lowest BCUT2D eigenvalue weighted by atomic mass is 10.0. The lowest BCUT2D eigenvalue weighted by molar-refractivity contribution is -0.135. The van der Waals surface area contributed by atoms with E-state index in [1.807, 2.05) is 4.90 Å². The Labute approximate surface area is 111 Å². The van der Waals surface area contributed by atoms with Gasteiger partial charge in [-0.3, -0.25) is 9.69 Å². The first-order valence-electron chi connectivity index (χ1n) is 6.42. The Hall–Kier alpha value is -0.910. The number of aliphatic hydroxyl groups excluding tert-OH is 1. The summed E-state index contributed by atoms with van der Waals surface area (Å²) < 4.78 is 0. The van der Waals surface area contributed by atoms with Crippen molar-refractivity contribution in [2.24, 2.45) is 5.92 Å². The van der Waals surface area contributed by atoms with Crippen molar-refractivity contribution in [3.8, 4) is 0 Å². The molecule has 98 valence electrons. The van der Waals surface area contributed by atoms with Gasteiger partial charge in [-0.25, -0.2) is 0 Å². The first-order chi connectivity index (χ1) is 8.76. The number of rotatable bonds is 3. The van der Waals surface area contributed by atoms with Crippen LogP contribution in [0, 0.1) is 5.92 Å². The van der Waals surface area contributed by atoms with E-state index in [2.05, 4.69) is 16.3 Å². The molecule has 0 saturated carbocycles. The van der Waals surface area contributed by atoms with Gasteiger partial charge in [-0.2, -0.15) is 0 Å². The van der Waals surface area contributed by atoms with Crippen molar-refractivity contribution in [1.29, 1.82) is 0 Å². The van der Waals surface area contributed by atoms with E-state index in [9.17, 15) is 4.79 Å². The van der Waals surface area contributed by atoms with Crippen LogP contribution in [0.25, 0.3) is 0 Å².